The molecule has 0 spiro atoms. The van der Waals surface area contributed by atoms with Crippen LogP contribution in [0.25, 0.3) is 0 Å². The second-order valence-electron chi connectivity index (χ2n) is 7.61. The molecule has 1 atom stereocenters. The van der Waals surface area contributed by atoms with Crippen molar-refractivity contribution in [3.63, 3.8) is 0 Å². The normalized spacial score (nSPS) is 17.6. The number of pyridine rings is 1. The fourth-order valence-corrected chi connectivity index (χ4v) is 4.39. The molecule has 28 heavy (non-hydrogen) atoms. The highest BCUT2D eigenvalue weighted by Gasteiger charge is 2.34. The number of aryl methyl sites for hydroxylation is 1. The van der Waals surface area contributed by atoms with Gasteiger partial charge in [-0.2, -0.15) is 0 Å². The van der Waals surface area contributed by atoms with Crippen molar-refractivity contribution in [3.05, 3.63) is 28.7 Å². The first kappa shape index (κ1) is 21.1. The van der Waals surface area contributed by atoms with E-state index in [-0.39, 0.29) is 18.1 Å². The molecule has 1 aliphatic heterocycles. The molecule has 2 aromatic heterocycles. The summed E-state index contributed by atoms with van der Waals surface area (Å²) >= 11 is 7.59. The highest BCUT2D eigenvalue weighted by Crippen LogP contribution is 2.38. The van der Waals surface area contributed by atoms with Crippen LogP contribution in [0, 0.1) is 12.3 Å². The molecule has 0 saturated carbocycles. The van der Waals surface area contributed by atoms with E-state index in [0.29, 0.717) is 21.6 Å². The Balaban J connectivity index is 1.85. The van der Waals surface area contributed by atoms with Crippen LogP contribution in [-0.2, 0) is 6.61 Å². The Kier molecular flexibility index (Phi) is 6.34. The molecule has 0 radical (unpaired) electrons. The third-order valence-corrected chi connectivity index (χ3v) is 7.13. The molecule has 0 aromatic carbocycles. The molecule has 0 aliphatic carbocycles. The number of nitrogens with zero attached hydrogens (tertiary/aromatic N) is 4. The van der Waals surface area contributed by atoms with Gasteiger partial charge in [0.2, 0.25) is 0 Å². The van der Waals surface area contributed by atoms with Crippen LogP contribution >= 0.6 is 23.4 Å². The maximum Gasteiger partial charge on any atom is 0.153 e. The fraction of sp³-hybridized carbons (Fsp3) is 0.526. The average Bonchev–Trinajstić information content (AvgIpc) is 2.66. The first-order chi connectivity index (χ1) is 13.2. The van der Waals surface area contributed by atoms with E-state index >= 15 is 0 Å². The zero-order valence-corrected chi connectivity index (χ0v) is 18.0. The lowest BCUT2D eigenvalue weighted by Crippen LogP contribution is -2.47. The number of hydrogen-bond donors (Lipinski definition) is 3. The van der Waals surface area contributed by atoms with Crippen molar-refractivity contribution in [1.82, 2.24) is 15.0 Å². The summed E-state index contributed by atoms with van der Waals surface area (Å²) in [4.78, 5) is 16.4. The molecule has 1 saturated heterocycles. The molecule has 0 unspecified atom stereocenters. The van der Waals surface area contributed by atoms with Crippen LogP contribution < -0.4 is 16.4 Å². The van der Waals surface area contributed by atoms with Gasteiger partial charge >= 0.3 is 0 Å². The highest BCUT2D eigenvalue weighted by molar-refractivity contribution is 7.99. The van der Waals surface area contributed by atoms with E-state index < -0.39 is 0 Å². The number of nitrogen functional groups attached to an aromatic ring is 1. The summed E-state index contributed by atoms with van der Waals surface area (Å²) in [6.07, 6.45) is 3.49. The number of piperidine rings is 1. The zero-order chi connectivity index (χ0) is 20.5. The van der Waals surface area contributed by atoms with Crippen LogP contribution in [0.1, 0.15) is 38.1 Å². The van der Waals surface area contributed by atoms with E-state index in [1.165, 1.54) is 18.0 Å². The quantitative estimate of drug-likeness (QED) is 0.673. The predicted octanol–water partition coefficient (Wildman–Crippen LogP) is 3.01. The first-order valence-electron chi connectivity index (χ1n) is 9.31. The highest BCUT2D eigenvalue weighted by atomic mass is 35.5. The van der Waals surface area contributed by atoms with Crippen LogP contribution in [0.15, 0.2) is 22.2 Å². The standard InChI is InChI=1S/C19H27ClN6OS/c1-11-18(28-15-8-16(22)23-9-13(15)20)25-14(10-27)17(24-11)26-6-4-19(3,5-7-26)12(2)21/h8-9,12,27H,4-7,10,21H2,1-3H3,(H2,22,23)/t12-/m1/s1. The third-order valence-electron chi connectivity index (χ3n) is 5.58. The average molecular weight is 423 g/mol. The minimum absolute atomic E-state index is 0.131. The van der Waals surface area contributed by atoms with Gasteiger partial charge < -0.3 is 21.5 Å². The summed E-state index contributed by atoms with van der Waals surface area (Å²) < 4.78 is 0. The number of aromatic nitrogens is 3. The number of hydrogen-bond acceptors (Lipinski definition) is 8. The SMILES string of the molecule is Cc1nc(N2CCC(C)([C@@H](C)N)CC2)c(CO)nc1Sc1cc(N)ncc1Cl. The Bertz CT molecular complexity index is 855. The van der Waals surface area contributed by atoms with Crippen molar-refractivity contribution < 1.29 is 5.11 Å². The monoisotopic (exact) mass is 422 g/mol. The molecular formula is C19H27ClN6OS. The van der Waals surface area contributed by atoms with Crippen LogP contribution in [-0.4, -0.2) is 39.2 Å². The van der Waals surface area contributed by atoms with Gasteiger partial charge in [0.1, 0.15) is 16.5 Å². The number of halogens is 1. The van der Waals surface area contributed by atoms with E-state index in [1.54, 1.807) is 6.07 Å². The summed E-state index contributed by atoms with van der Waals surface area (Å²) in [5.74, 6) is 1.14. The van der Waals surface area contributed by atoms with Gasteiger partial charge in [-0.05, 0) is 38.2 Å². The third kappa shape index (κ3) is 4.35. The maximum absolute atomic E-state index is 9.91. The first-order valence-corrected chi connectivity index (χ1v) is 10.5. The largest absolute Gasteiger partial charge is 0.390 e. The fourth-order valence-electron chi connectivity index (χ4n) is 3.28. The van der Waals surface area contributed by atoms with Gasteiger partial charge in [0.25, 0.3) is 0 Å². The molecular weight excluding hydrogens is 396 g/mol. The second-order valence-corrected chi connectivity index (χ2v) is 9.05. The Morgan fingerprint density at radius 3 is 2.64 bits per heavy atom. The van der Waals surface area contributed by atoms with Gasteiger partial charge in [-0.15, -0.1) is 0 Å². The molecule has 7 nitrogen and oxygen atoms in total. The molecule has 1 fully saturated rings. The van der Waals surface area contributed by atoms with Gasteiger partial charge in [-0.3, -0.25) is 0 Å². The molecule has 3 rings (SSSR count). The molecule has 152 valence electrons. The van der Waals surface area contributed by atoms with E-state index in [4.69, 9.17) is 28.1 Å². The molecule has 1 aliphatic rings. The smallest absolute Gasteiger partial charge is 0.153 e. The van der Waals surface area contributed by atoms with E-state index in [1.807, 2.05) is 6.92 Å². The van der Waals surface area contributed by atoms with Crippen LogP contribution in [0.2, 0.25) is 5.02 Å². The number of rotatable bonds is 5. The number of aliphatic hydroxyl groups excluding tert-OH is 1. The summed E-state index contributed by atoms with van der Waals surface area (Å²) in [6, 6.07) is 1.86. The second kappa shape index (κ2) is 8.41. The van der Waals surface area contributed by atoms with E-state index in [0.717, 1.165) is 42.3 Å². The van der Waals surface area contributed by atoms with Crippen molar-refractivity contribution in [2.24, 2.45) is 11.1 Å². The zero-order valence-electron chi connectivity index (χ0n) is 16.4. The van der Waals surface area contributed by atoms with E-state index in [2.05, 4.69) is 28.7 Å². The van der Waals surface area contributed by atoms with Gasteiger partial charge in [0.05, 0.1) is 17.3 Å². The van der Waals surface area contributed by atoms with Gasteiger partial charge in [-0.25, -0.2) is 15.0 Å². The lowest BCUT2D eigenvalue weighted by atomic mass is 9.75. The topological polar surface area (TPSA) is 114 Å². The Labute approximate surface area is 174 Å². The molecule has 0 amide bonds. The molecule has 0 bridgehead atoms. The minimum atomic E-state index is -0.177. The lowest BCUT2D eigenvalue weighted by molar-refractivity contribution is 0.204. The van der Waals surface area contributed by atoms with Crippen molar-refractivity contribution in [2.75, 3.05) is 23.7 Å². The van der Waals surface area contributed by atoms with Crippen LogP contribution in [0.5, 0.6) is 0 Å². The minimum Gasteiger partial charge on any atom is -0.390 e. The van der Waals surface area contributed by atoms with Crippen molar-refractivity contribution in [3.8, 4) is 0 Å². The van der Waals surface area contributed by atoms with Gasteiger partial charge in [0.15, 0.2) is 5.82 Å². The summed E-state index contributed by atoms with van der Waals surface area (Å²) in [5.41, 5.74) is 13.4. The van der Waals surface area contributed by atoms with Crippen LogP contribution in [0.3, 0.4) is 0 Å². The lowest BCUT2D eigenvalue weighted by Gasteiger charge is -2.42. The molecule has 9 heteroatoms. The molecule has 2 aromatic rings. The van der Waals surface area contributed by atoms with Crippen molar-refractivity contribution in [2.45, 2.75) is 56.2 Å². The maximum atomic E-state index is 9.91. The van der Waals surface area contributed by atoms with Crippen molar-refractivity contribution in [1.29, 1.82) is 0 Å². The summed E-state index contributed by atoms with van der Waals surface area (Å²) in [7, 11) is 0. The van der Waals surface area contributed by atoms with Gasteiger partial charge in [-0.1, -0.05) is 30.3 Å². The predicted molar refractivity (Wildman–Crippen MR) is 114 cm³/mol. The Hall–Kier alpha value is -1.61. The molecule has 5 N–H and O–H groups in total. The van der Waals surface area contributed by atoms with Crippen LogP contribution in [0.4, 0.5) is 11.6 Å². The Morgan fingerprint density at radius 2 is 2.04 bits per heavy atom. The van der Waals surface area contributed by atoms with Gasteiger partial charge in [0, 0.05) is 30.2 Å². The summed E-state index contributed by atoms with van der Waals surface area (Å²) in [5, 5.41) is 11.1. The van der Waals surface area contributed by atoms with E-state index in [9.17, 15) is 5.11 Å². The number of aliphatic hydroxyl groups is 1. The summed E-state index contributed by atoms with van der Waals surface area (Å²) in [6.45, 7) is 7.74. The van der Waals surface area contributed by atoms with Crippen molar-refractivity contribution >= 4 is 35.0 Å². The number of nitrogens with two attached hydrogens (primary N) is 2. The number of anilines is 2. The molecule has 3 heterocycles. The Morgan fingerprint density at radius 1 is 1.36 bits per heavy atom.